The Hall–Kier alpha value is -8.52. The van der Waals surface area contributed by atoms with Crippen LogP contribution in [0.3, 0.4) is 0 Å². The smallest absolute Gasteiger partial charge is 0.0713 e. The van der Waals surface area contributed by atoms with Crippen LogP contribution in [0.1, 0.15) is 22.3 Å². The fourth-order valence-corrected chi connectivity index (χ4v) is 10.6. The van der Waals surface area contributed by atoms with Gasteiger partial charge in [-0.05, 0) is 119 Å². The maximum absolute atomic E-state index is 2.46. The summed E-state index contributed by atoms with van der Waals surface area (Å²) in [4.78, 5) is 2.43. The van der Waals surface area contributed by atoms with E-state index in [0.29, 0.717) is 0 Å². The first-order valence-corrected chi connectivity index (χ1v) is 22.8. The molecule has 0 radical (unpaired) electrons. The lowest BCUT2D eigenvalue weighted by Crippen LogP contribution is -2.28. The molecule has 66 heavy (non-hydrogen) atoms. The Labute approximate surface area is 387 Å². The van der Waals surface area contributed by atoms with Gasteiger partial charge >= 0.3 is 0 Å². The molecular weight excluding hydrogens is 795 g/mol. The van der Waals surface area contributed by atoms with Crippen LogP contribution in [0.15, 0.2) is 273 Å². The number of fused-ring (bicyclic) bond motifs is 4. The average Bonchev–Trinajstić information content (AvgIpc) is 3.70. The van der Waals surface area contributed by atoms with Crippen molar-refractivity contribution >= 4 is 27.8 Å². The molecule has 0 heterocycles. The second kappa shape index (κ2) is 16.6. The van der Waals surface area contributed by atoms with E-state index in [1.807, 2.05) is 0 Å². The van der Waals surface area contributed by atoms with Gasteiger partial charge in [0, 0.05) is 16.9 Å². The molecule has 1 aliphatic carbocycles. The number of rotatable bonds is 9. The second-order valence-electron chi connectivity index (χ2n) is 17.2. The lowest BCUT2D eigenvalue weighted by Gasteiger charge is -2.34. The van der Waals surface area contributed by atoms with E-state index < -0.39 is 5.41 Å². The molecule has 0 atom stereocenters. The Balaban J connectivity index is 1.02. The van der Waals surface area contributed by atoms with Crippen molar-refractivity contribution in [1.29, 1.82) is 0 Å². The molecule has 0 spiro atoms. The lowest BCUT2D eigenvalue weighted by atomic mass is 9.67. The molecule has 1 heteroatoms. The molecule has 1 aliphatic rings. The molecule has 0 saturated carbocycles. The monoisotopic (exact) mass is 839 g/mol. The van der Waals surface area contributed by atoms with Crippen LogP contribution < -0.4 is 4.90 Å². The highest BCUT2D eigenvalue weighted by molar-refractivity contribution is 6.06. The van der Waals surface area contributed by atoms with Gasteiger partial charge < -0.3 is 4.90 Å². The Morgan fingerprint density at radius 3 is 1.52 bits per heavy atom. The van der Waals surface area contributed by atoms with Crippen LogP contribution in [-0.2, 0) is 5.41 Å². The first-order valence-electron chi connectivity index (χ1n) is 22.8. The third kappa shape index (κ3) is 6.56. The molecule has 0 bridgehead atoms. The first-order chi connectivity index (χ1) is 32.8. The van der Waals surface area contributed by atoms with Gasteiger partial charge in [-0.25, -0.2) is 0 Å². The third-order valence-corrected chi connectivity index (χ3v) is 13.6. The highest BCUT2D eigenvalue weighted by Gasteiger charge is 2.46. The molecule has 0 fully saturated rings. The Bertz CT molecular complexity index is 3460. The highest BCUT2D eigenvalue weighted by atomic mass is 15.1. The van der Waals surface area contributed by atoms with Crippen LogP contribution in [0.2, 0.25) is 0 Å². The molecule has 1 nitrogen and oxygen atoms in total. The van der Waals surface area contributed by atoms with Crippen molar-refractivity contribution in [3.8, 4) is 55.6 Å². The highest BCUT2D eigenvalue weighted by Crippen LogP contribution is 2.57. The van der Waals surface area contributed by atoms with E-state index in [9.17, 15) is 0 Å². The van der Waals surface area contributed by atoms with E-state index in [0.717, 1.165) is 28.2 Å². The normalized spacial score (nSPS) is 12.4. The van der Waals surface area contributed by atoms with E-state index in [-0.39, 0.29) is 0 Å². The van der Waals surface area contributed by atoms with E-state index in [4.69, 9.17) is 0 Å². The van der Waals surface area contributed by atoms with Crippen LogP contribution in [0, 0.1) is 0 Å². The molecule has 0 unspecified atom stereocenters. The van der Waals surface area contributed by atoms with Crippen molar-refractivity contribution in [2.45, 2.75) is 5.41 Å². The molecule has 11 aromatic rings. The van der Waals surface area contributed by atoms with E-state index in [2.05, 4.69) is 278 Å². The molecule has 0 amide bonds. The van der Waals surface area contributed by atoms with Gasteiger partial charge in [0.2, 0.25) is 0 Å². The number of hydrogen-bond donors (Lipinski definition) is 0. The average molecular weight is 840 g/mol. The lowest BCUT2D eigenvalue weighted by molar-refractivity contribution is 0.769. The fourth-order valence-electron chi connectivity index (χ4n) is 10.6. The van der Waals surface area contributed by atoms with Gasteiger partial charge in [-0.2, -0.15) is 0 Å². The van der Waals surface area contributed by atoms with E-state index >= 15 is 0 Å². The van der Waals surface area contributed by atoms with Crippen molar-refractivity contribution < 1.29 is 0 Å². The van der Waals surface area contributed by atoms with Crippen LogP contribution in [0.4, 0.5) is 17.1 Å². The minimum Gasteiger partial charge on any atom is -0.310 e. The van der Waals surface area contributed by atoms with Gasteiger partial charge in [0.05, 0.1) is 11.1 Å². The minimum atomic E-state index is -0.476. The molecular formula is C65H45N. The fraction of sp³-hybridized carbons (Fsp3) is 0.0154. The molecule has 11 aromatic carbocycles. The summed E-state index contributed by atoms with van der Waals surface area (Å²) in [6.45, 7) is 0. The topological polar surface area (TPSA) is 3.24 Å². The first kappa shape index (κ1) is 39.1. The van der Waals surface area contributed by atoms with Crippen LogP contribution in [-0.4, -0.2) is 0 Å². The standard InChI is InChI=1S/C65H45N/c1-5-20-46(21-6-1)47-36-38-49(39-37-47)64-56-31-14-13-22-48(56)40-43-60(64)59-33-16-18-35-63(59)66(54-28-11-4-12-29-54)55-30-19-23-50(44-55)51-41-42-58-57-32-15-17-34-61(57)65(62(58)45-51,52-24-7-2-8-25-52)53-26-9-3-10-27-53/h1-45H. The number of hydrogen-bond acceptors (Lipinski definition) is 1. The number of nitrogens with zero attached hydrogens (tertiary/aromatic N) is 1. The zero-order valence-electron chi connectivity index (χ0n) is 36.4. The van der Waals surface area contributed by atoms with Gasteiger partial charge in [-0.15, -0.1) is 0 Å². The Kier molecular flexibility index (Phi) is 9.81. The zero-order chi connectivity index (χ0) is 43.9. The van der Waals surface area contributed by atoms with Crippen LogP contribution in [0.5, 0.6) is 0 Å². The summed E-state index contributed by atoms with van der Waals surface area (Å²) >= 11 is 0. The van der Waals surface area contributed by atoms with Gasteiger partial charge in [0.15, 0.2) is 0 Å². The molecule has 310 valence electrons. The van der Waals surface area contributed by atoms with Gasteiger partial charge in [0.25, 0.3) is 0 Å². The molecule has 0 N–H and O–H groups in total. The Morgan fingerprint density at radius 1 is 0.273 bits per heavy atom. The number of para-hydroxylation sites is 2. The summed E-state index contributed by atoms with van der Waals surface area (Å²) in [6.07, 6.45) is 0. The largest absolute Gasteiger partial charge is 0.310 e. The molecule has 0 aliphatic heterocycles. The minimum absolute atomic E-state index is 0.476. The van der Waals surface area contributed by atoms with E-state index in [1.54, 1.807) is 0 Å². The maximum atomic E-state index is 2.46. The molecule has 12 rings (SSSR count). The number of benzene rings is 11. The van der Waals surface area contributed by atoms with Crippen LogP contribution >= 0.6 is 0 Å². The van der Waals surface area contributed by atoms with Gasteiger partial charge in [-0.1, -0.05) is 237 Å². The molecule has 0 aromatic heterocycles. The number of anilines is 3. The SMILES string of the molecule is c1ccc(-c2ccc(-c3c(-c4ccccc4N(c4ccccc4)c4cccc(-c5ccc6c(c5)C(c5ccccc5)(c5ccccc5)c5ccccc5-6)c4)ccc4ccccc34)cc2)cc1. The summed E-state index contributed by atoms with van der Waals surface area (Å²) in [5, 5.41) is 2.45. The van der Waals surface area contributed by atoms with Gasteiger partial charge in [-0.3, -0.25) is 0 Å². The zero-order valence-corrected chi connectivity index (χ0v) is 36.4. The quantitative estimate of drug-likeness (QED) is 0.140. The predicted octanol–water partition coefficient (Wildman–Crippen LogP) is 17.3. The second-order valence-corrected chi connectivity index (χ2v) is 17.2. The van der Waals surface area contributed by atoms with E-state index in [1.165, 1.54) is 77.5 Å². The van der Waals surface area contributed by atoms with Gasteiger partial charge in [0.1, 0.15) is 0 Å². The molecule has 0 saturated heterocycles. The third-order valence-electron chi connectivity index (χ3n) is 13.6. The predicted molar refractivity (Wildman–Crippen MR) is 278 cm³/mol. The summed E-state index contributed by atoms with van der Waals surface area (Å²) in [5.41, 5.74) is 20.0. The summed E-state index contributed by atoms with van der Waals surface area (Å²) in [7, 11) is 0. The Morgan fingerprint density at radius 2 is 0.773 bits per heavy atom. The van der Waals surface area contributed by atoms with Crippen molar-refractivity contribution in [1.82, 2.24) is 0 Å². The maximum Gasteiger partial charge on any atom is 0.0713 e. The summed E-state index contributed by atoms with van der Waals surface area (Å²) in [6, 6.07) is 100. The van der Waals surface area contributed by atoms with Crippen molar-refractivity contribution in [2.75, 3.05) is 4.90 Å². The van der Waals surface area contributed by atoms with Crippen LogP contribution in [0.25, 0.3) is 66.4 Å². The summed E-state index contributed by atoms with van der Waals surface area (Å²) in [5.74, 6) is 0. The van der Waals surface area contributed by atoms with Crippen molar-refractivity contribution in [3.05, 3.63) is 295 Å². The van der Waals surface area contributed by atoms with Crippen molar-refractivity contribution in [2.24, 2.45) is 0 Å². The summed E-state index contributed by atoms with van der Waals surface area (Å²) < 4.78 is 0. The van der Waals surface area contributed by atoms with Crippen molar-refractivity contribution in [3.63, 3.8) is 0 Å².